The molecule has 0 aliphatic carbocycles. The lowest BCUT2D eigenvalue weighted by Gasteiger charge is -2.29. The van der Waals surface area contributed by atoms with Gasteiger partial charge in [-0.1, -0.05) is 89.7 Å². The second kappa shape index (κ2) is 24.7. The fourth-order valence-corrected chi connectivity index (χ4v) is 6.15. The summed E-state index contributed by atoms with van der Waals surface area (Å²) < 4.78 is 27.7. The van der Waals surface area contributed by atoms with Gasteiger partial charge in [0.25, 0.3) is 7.82 Å². The van der Waals surface area contributed by atoms with E-state index >= 15 is 0 Å². The number of aromatic nitrogens is 2. The molecule has 51 heavy (non-hydrogen) atoms. The first-order valence-corrected chi connectivity index (χ1v) is 20.1. The number of phosphoric ester groups is 1. The Kier molecular flexibility index (Phi) is 21.7. The maximum absolute atomic E-state index is 12.8. The fraction of sp³-hybridized carbons (Fsp3) is 0.743. The van der Waals surface area contributed by atoms with Crippen LogP contribution < -0.4 is 20.8 Å². The third kappa shape index (κ3) is 19.8. The van der Waals surface area contributed by atoms with E-state index in [4.69, 9.17) is 13.7 Å². The molecule has 5 N–H and O–H groups in total. The highest BCUT2D eigenvalue weighted by molar-refractivity contribution is 7.45. The molecular formula is C35H63N6O9P. The molecule has 15 nitrogen and oxygen atoms in total. The van der Waals surface area contributed by atoms with Crippen LogP contribution in [0.15, 0.2) is 28.9 Å². The molecule has 0 fully saturated rings. The molecule has 2 aromatic rings. The van der Waals surface area contributed by atoms with Crippen molar-refractivity contribution in [1.82, 2.24) is 15.6 Å². The van der Waals surface area contributed by atoms with Crippen LogP contribution in [-0.4, -0.2) is 90.6 Å². The molecular weight excluding hydrogens is 679 g/mol. The van der Waals surface area contributed by atoms with E-state index in [0.29, 0.717) is 48.0 Å². The number of hydrogen-bond donors (Lipinski definition) is 5. The monoisotopic (exact) mass is 742 g/mol. The molecule has 16 heteroatoms. The van der Waals surface area contributed by atoms with E-state index in [1.165, 1.54) is 63.9 Å². The molecule has 1 aromatic heterocycles. The molecule has 0 saturated heterocycles. The molecule has 4 atom stereocenters. The van der Waals surface area contributed by atoms with E-state index in [1.807, 2.05) is 27.2 Å². The van der Waals surface area contributed by atoms with E-state index < -0.39 is 31.8 Å². The van der Waals surface area contributed by atoms with E-state index in [0.717, 1.165) is 19.3 Å². The summed E-state index contributed by atoms with van der Waals surface area (Å²) in [5, 5.41) is 43.9. The number of nitrogens with zero attached hydrogens (tertiary/aromatic N) is 3. The minimum atomic E-state index is -4.65. The van der Waals surface area contributed by atoms with Crippen LogP contribution in [-0.2, 0) is 18.4 Å². The second-order valence-electron chi connectivity index (χ2n) is 14.2. The van der Waals surface area contributed by atoms with Gasteiger partial charge in [-0.25, -0.2) is 9.84 Å². The predicted molar refractivity (Wildman–Crippen MR) is 195 cm³/mol. The molecule has 0 radical (unpaired) electrons. The minimum Gasteiger partial charge on any atom is -0.756 e. The summed E-state index contributed by atoms with van der Waals surface area (Å²) in [7, 11) is 1.09. The fourth-order valence-electron chi connectivity index (χ4n) is 5.43. The van der Waals surface area contributed by atoms with Crippen molar-refractivity contribution >= 4 is 36.1 Å². The first kappa shape index (κ1) is 44.7. The van der Waals surface area contributed by atoms with E-state index in [-0.39, 0.29) is 30.1 Å². The van der Waals surface area contributed by atoms with Crippen molar-refractivity contribution in [2.75, 3.05) is 52.8 Å². The van der Waals surface area contributed by atoms with Crippen molar-refractivity contribution in [3.63, 3.8) is 0 Å². The number of carbonyl (C=O) groups is 1. The maximum atomic E-state index is 12.8. The SMILES string of the molecule is CCCCCCCCCCCCC/C=C/[C@@H](O)[C@H](COP(=O)([O-])OCC[N+](C)(C)C)NC(=O)CCCCCNc1ccc([NH+]([O-])O)c2nonc12. The van der Waals surface area contributed by atoms with Gasteiger partial charge in [0.2, 0.25) is 11.4 Å². The van der Waals surface area contributed by atoms with Gasteiger partial charge in [0.1, 0.15) is 13.2 Å². The third-order valence-electron chi connectivity index (χ3n) is 8.53. The Labute approximate surface area is 303 Å². The number of likely N-dealkylation sites (N-methyl/N-ethyl adjacent to an activating group) is 1. The first-order chi connectivity index (χ1) is 24.3. The van der Waals surface area contributed by atoms with Gasteiger partial charge in [-0.3, -0.25) is 9.36 Å². The number of unbranched alkanes of at least 4 members (excludes halogenated alkanes) is 13. The Balaban J connectivity index is 1.78. The zero-order chi connectivity index (χ0) is 37.5. The van der Waals surface area contributed by atoms with Crippen LogP contribution >= 0.6 is 7.82 Å². The number of anilines is 1. The number of allylic oxidation sites excluding steroid dienone is 1. The number of rotatable bonds is 30. The van der Waals surface area contributed by atoms with Crippen molar-refractivity contribution in [2.45, 2.75) is 122 Å². The molecule has 1 amide bonds. The number of carbonyl (C=O) groups excluding carboxylic acids is 1. The molecule has 2 unspecified atom stereocenters. The van der Waals surface area contributed by atoms with Crippen LogP contribution in [0.3, 0.4) is 0 Å². The molecule has 0 aliphatic rings. The van der Waals surface area contributed by atoms with E-state index in [9.17, 15) is 29.8 Å². The number of nitrogens with one attached hydrogen (secondary N) is 3. The number of aliphatic hydroxyl groups is 1. The zero-order valence-corrected chi connectivity index (χ0v) is 32.0. The van der Waals surface area contributed by atoms with E-state index in [2.05, 4.69) is 27.9 Å². The molecule has 292 valence electrons. The highest BCUT2D eigenvalue weighted by atomic mass is 31.2. The Morgan fingerprint density at radius 2 is 1.61 bits per heavy atom. The van der Waals surface area contributed by atoms with Gasteiger partial charge in [-0.2, -0.15) is 5.23 Å². The number of aliphatic hydroxyl groups excluding tert-OH is 1. The van der Waals surface area contributed by atoms with Gasteiger partial charge in [0, 0.05) is 19.0 Å². The number of phosphoric acid groups is 1. The Bertz CT molecular complexity index is 1320. The standard InChI is InChI=1S/C35H63N6O9P/c1-5-6-7-8-9-10-11-12-13-14-15-16-18-21-32(42)30(28-49-51(46,47)48-27-26-41(2,3)4)37-33(43)22-19-17-20-25-36-29-23-24-31(40(44)45)35-34(29)38-50-39-35/h18,21,23-24,30,32,40,42,44H,5-17,19-20,22,25-28H2,1-4H3,(H2-,36,37,39,43,46,47)/b21-18+/t30-,32+/m0/s1. The lowest BCUT2D eigenvalue weighted by molar-refractivity contribution is -0.990. The highest BCUT2D eigenvalue weighted by Crippen LogP contribution is 2.38. The van der Waals surface area contributed by atoms with Gasteiger partial charge < -0.3 is 39.4 Å². The molecule has 0 saturated carbocycles. The molecule has 1 aromatic carbocycles. The van der Waals surface area contributed by atoms with Crippen LogP contribution in [0, 0.1) is 5.21 Å². The number of quaternary nitrogens is 2. The van der Waals surface area contributed by atoms with Crippen LogP contribution in [0.2, 0.25) is 0 Å². The van der Waals surface area contributed by atoms with Gasteiger partial charge in [-0.15, -0.1) is 0 Å². The molecule has 0 aliphatic heterocycles. The largest absolute Gasteiger partial charge is 0.756 e. The van der Waals surface area contributed by atoms with Crippen molar-refractivity contribution in [2.24, 2.45) is 0 Å². The Morgan fingerprint density at radius 1 is 0.980 bits per heavy atom. The number of benzene rings is 1. The molecule has 2 rings (SSSR count). The number of amides is 1. The van der Waals surface area contributed by atoms with Gasteiger partial charge in [0.15, 0.2) is 11.2 Å². The third-order valence-corrected chi connectivity index (χ3v) is 9.50. The number of hydrogen-bond acceptors (Lipinski definition) is 12. The minimum absolute atomic E-state index is 0.00178. The normalized spacial score (nSPS) is 15.2. The van der Waals surface area contributed by atoms with Gasteiger partial charge in [-0.05, 0) is 42.1 Å². The van der Waals surface area contributed by atoms with Crippen LogP contribution in [0.4, 0.5) is 11.4 Å². The quantitative estimate of drug-likeness (QED) is 0.0238. The lowest BCUT2D eigenvalue weighted by Crippen LogP contribution is -2.99. The summed E-state index contributed by atoms with van der Waals surface area (Å²) >= 11 is 0. The summed E-state index contributed by atoms with van der Waals surface area (Å²) in [6.45, 7) is 2.72. The average molecular weight is 743 g/mol. The van der Waals surface area contributed by atoms with E-state index in [1.54, 1.807) is 12.1 Å². The van der Waals surface area contributed by atoms with Crippen molar-refractivity contribution in [3.8, 4) is 0 Å². The first-order valence-electron chi connectivity index (χ1n) is 18.6. The average Bonchev–Trinajstić information content (AvgIpc) is 3.56. The van der Waals surface area contributed by atoms with Crippen LogP contribution in [0.25, 0.3) is 11.0 Å². The van der Waals surface area contributed by atoms with Crippen molar-refractivity contribution < 1.29 is 48.0 Å². The van der Waals surface area contributed by atoms with Gasteiger partial charge in [0.05, 0.1) is 45.6 Å². The lowest BCUT2D eigenvalue weighted by atomic mass is 10.0. The maximum Gasteiger partial charge on any atom is 0.268 e. The second-order valence-corrected chi connectivity index (χ2v) is 15.6. The Morgan fingerprint density at radius 3 is 2.25 bits per heavy atom. The summed E-state index contributed by atoms with van der Waals surface area (Å²) in [5.74, 6) is -0.333. The zero-order valence-electron chi connectivity index (χ0n) is 31.1. The smallest absolute Gasteiger partial charge is 0.268 e. The highest BCUT2D eigenvalue weighted by Gasteiger charge is 2.23. The molecule has 1 heterocycles. The summed E-state index contributed by atoms with van der Waals surface area (Å²) in [4.78, 5) is 25.3. The van der Waals surface area contributed by atoms with Crippen LogP contribution in [0.1, 0.15) is 110 Å². The van der Waals surface area contributed by atoms with Gasteiger partial charge >= 0.3 is 0 Å². The molecule has 0 spiro atoms. The number of fused-ring (bicyclic) bond motifs is 1. The van der Waals surface area contributed by atoms with Crippen molar-refractivity contribution in [3.05, 3.63) is 29.5 Å². The summed E-state index contributed by atoms with van der Waals surface area (Å²) in [6.07, 6.45) is 18.9. The topological polar surface area (TPSA) is 207 Å². The summed E-state index contributed by atoms with van der Waals surface area (Å²) in [6, 6.07) is 2.07. The van der Waals surface area contributed by atoms with Crippen LogP contribution in [0.5, 0.6) is 0 Å². The summed E-state index contributed by atoms with van der Waals surface area (Å²) in [5.41, 5.74) is 1.09. The predicted octanol–water partition coefficient (Wildman–Crippen LogP) is 4.91. The van der Waals surface area contributed by atoms with Crippen molar-refractivity contribution in [1.29, 1.82) is 0 Å². The molecule has 0 bridgehead atoms. The Hall–Kier alpha value is -2.46.